The van der Waals surface area contributed by atoms with E-state index in [2.05, 4.69) is 5.32 Å². The Morgan fingerprint density at radius 3 is 2.74 bits per heavy atom. The second kappa shape index (κ2) is 9.02. The summed E-state index contributed by atoms with van der Waals surface area (Å²) >= 11 is 5.89. The molecule has 0 bridgehead atoms. The molecule has 0 aliphatic carbocycles. The number of hydrogen-bond acceptors (Lipinski definition) is 3. The van der Waals surface area contributed by atoms with Crippen molar-refractivity contribution in [1.82, 2.24) is 4.90 Å². The van der Waals surface area contributed by atoms with Crippen LogP contribution in [0.15, 0.2) is 48.5 Å². The average Bonchev–Trinajstić information content (AvgIpc) is 2.69. The molecule has 1 atom stereocenters. The van der Waals surface area contributed by atoms with E-state index in [0.29, 0.717) is 30.3 Å². The van der Waals surface area contributed by atoms with Crippen molar-refractivity contribution < 1.29 is 14.3 Å². The van der Waals surface area contributed by atoms with E-state index in [-0.39, 0.29) is 17.7 Å². The first-order chi connectivity index (χ1) is 13.1. The van der Waals surface area contributed by atoms with Gasteiger partial charge in [0.05, 0.1) is 12.5 Å². The van der Waals surface area contributed by atoms with Gasteiger partial charge in [-0.25, -0.2) is 0 Å². The summed E-state index contributed by atoms with van der Waals surface area (Å²) in [5.74, 6) is -0.342. The molecule has 2 aromatic carbocycles. The quantitative estimate of drug-likeness (QED) is 0.845. The third-order valence-corrected chi connectivity index (χ3v) is 4.93. The number of ether oxygens (including phenoxy) is 1. The maximum atomic E-state index is 12.7. The normalized spacial score (nSPS) is 16.8. The fourth-order valence-electron chi connectivity index (χ4n) is 3.30. The smallest absolute Gasteiger partial charge is 0.253 e. The number of carbonyl (C=O) groups is 2. The summed E-state index contributed by atoms with van der Waals surface area (Å²) in [6, 6.07) is 14.4. The molecule has 2 amide bonds. The number of carbonyl (C=O) groups excluding carboxylic acids is 2. The highest BCUT2D eigenvalue weighted by Gasteiger charge is 2.29. The SMILES string of the molecule is COCc1cccc(NC(=O)C2CCCN(C(=O)c3ccc(Cl)cc3)C2)c1. The molecule has 1 aliphatic heterocycles. The fraction of sp³-hybridized carbons (Fsp3) is 0.333. The fourth-order valence-corrected chi connectivity index (χ4v) is 3.43. The minimum Gasteiger partial charge on any atom is -0.380 e. The van der Waals surface area contributed by atoms with Crippen molar-refractivity contribution in [1.29, 1.82) is 0 Å². The molecule has 0 radical (unpaired) electrons. The van der Waals surface area contributed by atoms with Crippen LogP contribution >= 0.6 is 11.6 Å². The van der Waals surface area contributed by atoms with Gasteiger partial charge in [-0.05, 0) is 54.8 Å². The van der Waals surface area contributed by atoms with E-state index in [1.165, 1.54) is 0 Å². The lowest BCUT2D eigenvalue weighted by molar-refractivity contribution is -0.121. The molecule has 1 heterocycles. The first kappa shape index (κ1) is 19.4. The Balaban J connectivity index is 1.63. The highest BCUT2D eigenvalue weighted by Crippen LogP contribution is 2.22. The van der Waals surface area contributed by atoms with Crippen LogP contribution in [0.5, 0.6) is 0 Å². The molecular formula is C21H23ClN2O3. The molecule has 1 N–H and O–H groups in total. The van der Waals surface area contributed by atoms with Gasteiger partial charge in [-0.3, -0.25) is 9.59 Å². The lowest BCUT2D eigenvalue weighted by Gasteiger charge is -2.32. The number of hydrogen-bond donors (Lipinski definition) is 1. The van der Waals surface area contributed by atoms with E-state index in [1.807, 2.05) is 24.3 Å². The summed E-state index contributed by atoms with van der Waals surface area (Å²) in [6.45, 7) is 1.58. The zero-order chi connectivity index (χ0) is 19.2. The van der Waals surface area contributed by atoms with Crippen LogP contribution in [0.3, 0.4) is 0 Å². The highest BCUT2D eigenvalue weighted by molar-refractivity contribution is 6.30. The van der Waals surface area contributed by atoms with Crippen molar-refractivity contribution in [2.75, 3.05) is 25.5 Å². The number of amides is 2. The number of anilines is 1. The maximum Gasteiger partial charge on any atom is 0.253 e. The van der Waals surface area contributed by atoms with Gasteiger partial charge in [-0.1, -0.05) is 23.7 Å². The van der Waals surface area contributed by atoms with Gasteiger partial charge in [0.25, 0.3) is 5.91 Å². The maximum absolute atomic E-state index is 12.7. The van der Waals surface area contributed by atoms with Crippen LogP contribution in [-0.2, 0) is 16.1 Å². The van der Waals surface area contributed by atoms with Crippen LogP contribution < -0.4 is 5.32 Å². The number of halogens is 1. The van der Waals surface area contributed by atoms with E-state index in [4.69, 9.17) is 16.3 Å². The molecule has 1 saturated heterocycles. The molecule has 2 aromatic rings. The highest BCUT2D eigenvalue weighted by atomic mass is 35.5. The van der Waals surface area contributed by atoms with Crippen LogP contribution in [0.1, 0.15) is 28.8 Å². The van der Waals surface area contributed by atoms with Gasteiger partial charge < -0.3 is 15.0 Å². The topological polar surface area (TPSA) is 58.6 Å². The number of likely N-dealkylation sites (tertiary alicyclic amines) is 1. The number of benzene rings is 2. The number of methoxy groups -OCH3 is 1. The van der Waals surface area contributed by atoms with E-state index in [9.17, 15) is 9.59 Å². The Bertz CT molecular complexity index is 807. The van der Waals surface area contributed by atoms with Gasteiger partial charge in [-0.2, -0.15) is 0 Å². The number of piperidine rings is 1. The van der Waals surface area contributed by atoms with Crippen molar-refractivity contribution in [2.24, 2.45) is 5.92 Å². The lowest BCUT2D eigenvalue weighted by atomic mass is 9.96. The van der Waals surface area contributed by atoms with Crippen LogP contribution in [0.4, 0.5) is 5.69 Å². The number of nitrogens with zero attached hydrogens (tertiary/aromatic N) is 1. The molecule has 5 nitrogen and oxygen atoms in total. The summed E-state index contributed by atoms with van der Waals surface area (Å²) in [5.41, 5.74) is 2.34. The van der Waals surface area contributed by atoms with Crippen molar-refractivity contribution in [3.8, 4) is 0 Å². The van der Waals surface area contributed by atoms with Crippen molar-refractivity contribution in [2.45, 2.75) is 19.4 Å². The van der Waals surface area contributed by atoms with Gasteiger partial charge in [0.1, 0.15) is 0 Å². The Labute approximate surface area is 164 Å². The largest absolute Gasteiger partial charge is 0.380 e. The third kappa shape index (κ3) is 5.08. The predicted octanol–water partition coefficient (Wildman–Crippen LogP) is 3.98. The van der Waals surface area contributed by atoms with Crippen LogP contribution in [0.2, 0.25) is 5.02 Å². The number of nitrogens with one attached hydrogen (secondary N) is 1. The van der Waals surface area contributed by atoms with E-state index >= 15 is 0 Å². The van der Waals surface area contributed by atoms with Crippen molar-refractivity contribution in [3.63, 3.8) is 0 Å². The first-order valence-electron chi connectivity index (χ1n) is 9.00. The third-order valence-electron chi connectivity index (χ3n) is 4.68. The van der Waals surface area contributed by atoms with E-state index in [0.717, 1.165) is 24.1 Å². The Morgan fingerprint density at radius 2 is 2.00 bits per heavy atom. The van der Waals surface area contributed by atoms with Crippen LogP contribution in [-0.4, -0.2) is 36.9 Å². The molecule has 1 fully saturated rings. The Hall–Kier alpha value is -2.37. The second-order valence-electron chi connectivity index (χ2n) is 6.72. The molecule has 0 aromatic heterocycles. The summed E-state index contributed by atoms with van der Waals surface area (Å²) in [7, 11) is 1.64. The molecule has 3 rings (SSSR count). The van der Waals surface area contributed by atoms with Gasteiger partial charge >= 0.3 is 0 Å². The zero-order valence-electron chi connectivity index (χ0n) is 15.3. The van der Waals surface area contributed by atoms with Crippen LogP contribution in [0, 0.1) is 5.92 Å². The van der Waals surface area contributed by atoms with Gasteiger partial charge in [0.15, 0.2) is 0 Å². The van der Waals surface area contributed by atoms with Crippen molar-refractivity contribution >= 4 is 29.1 Å². The minimum atomic E-state index is -0.221. The lowest BCUT2D eigenvalue weighted by Crippen LogP contribution is -2.43. The molecule has 6 heteroatoms. The van der Waals surface area contributed by atoms with Gasteiger partial charge in [0, 0.05) is 36.5 Å². The predicted molar refractivity (Wildman–Crippen MR) is 106 cm³/mol. The van der Waals surface area contributed by atoms with Crippen LogP contribution in [0.25, 0.3) is 0 Å². The zero-order valence-corrected chi connectivity index (χ0v) is 16.0. The summed E-state index contributed by atoms with van der Waals surface area (Å²) in [6.07, 6.45) is 1.58. The average molecular weight is 387 g/mol. The molecule has 1 unspecified atom stereocenters. The molecule has 1 aliphatic rings. The van der Waals surface area contributed by atoms with Gasteiger partial charge in [-0.15, -0.1) is 0 Å². The summed E-state index contributed by atoms with van der Waals surface area (Å²) in [4.78, 5) is 27.1. The Morgan fingerprint density at radius 1 is 1.22 bits per heavy atom. The monoisotopic (exact) mass is 386 g/mol. The van der Waals surface area contributed by atoms with E-state index in [1.54, 1.807) is 36.3 Å². The van der Waals surface area contributed by atoms with Gasteiger partial charge in [0.2, 0.25) is 5.91 Å². The first-order valence-corrected chi connectivity index (χ1v) is 9.38. The molecule has 142 valence electrons. The molecule has 0 spiro atoms. The molecule has 0 saturated carbocycles. The summed E-state index contributed by atoms with van der Waals surface area (Å²) in [5, 5.41) is 3.56. The Kier molecular flexibility index (Phi) is 6.48. The standard InChI is InChI=1S/C21H23ClN2O3/c1-27-14-15-4-2-6-19(12-15)23-20(25)17-5-3-11-24(13-17)21(26)16-7-9-18(22)10-8-16/h2,4,6-10,12,17H,3,5,11,13-14H2,1H3,(H,23,25). The second-order valence-corrected chi connectivity index (χ2v) is 7.16. The minimum absolute atomic E-state index is 0.0572. The van der Waals surface area contributed by atoms with E-state index < -0.39 is 0 Å². The molecule has 27 heavy (non-hydrogen) atoms. The van der Waals surface area contributed by atoms with Crippen molar-refractivity contribution in [3.05, 3.63) is 64.7 Å². The molecular weight excluding hydrogens is 364 g/mol. The summed E-state index contributed by atoms with van der Waals surface area (Å²) < 4.78 is 5.13. The number of rotatable bonds is 5.